The SMILES string of the molecule is Cl.O=C(O)[C@@H]1C[C@@H](Cl)CN1. The van der Waals surface area contributed by atoms with E-state index in [-0.39, 0.29) is 17.8 Å². The molecule has 0 aromatic carbocycles. The molecule has 1 fully saturated rings. The maximum atomic E-state index is 10.2. The number of carbonyl (C=O) groups is 1. The summed E-state index contributed by atoms with van der Waals surface area (Å²) in [5.41, 5.74) is 0. The molecular formula is C5H9Cl2NO2. The highest BCUT2D eigenvalue weighted by molar-refractivity contribution is 6.21. The summed E-state index contributed by atoms with van der Waals surface area (Å²) in [6.45, 7) is 0.610. The normalized spacial score (nSPS) is 31.3. The number of aliphatic carboxylic acids is 1. The smallest absolute Gasteiger partial charge is 0.320 e. The van der Waals surface area contributed by atoms with E-state index in [1.807, 2.05) is 0 Å². The lowest BCUT2D eigenvalue weighted by molar-refractivity contribution is -0.139. The molecule has 60 valence electrons. The van der Waals surface area contributed by atoms with E-state index >= 15 is 0 Å². The fourth-order valence-corrected chi connectivity index (χ4v) is 1.15. The lowest BCUT2D eigenvalue weighted by Gasteiger charge is -1.99. The van der Waals surface area contributed by atoms with Gasteiger partial charge in [0, 0.05) is 11.9 Å². The molecule has 0 saturated carbocycles. The summed E-state index contributed by atoms with van der Waals surface area (Å²) < 4.78 is 0. The molecule has 1 saturated heterocycles. The molecule has 0 bridgehead atoms. The van der Waals surface area contributed by atoms with E-state index < -0.39 is 12.0 Å². The van der Waals surface area contributed by atoms with Crippen molar-refractivity contribution in [3.63, 3.8) is 0 Å². The fourth-order valence-electron chi connectivity index (χ4n) is 0.881. The van der Waals surface area contributed by atoms with Gasteiger partial charge in [-0.1, -0.05) is 0 Å². The second-order valence-corrected chi connectivity index (χ2v) is 2.75. The predicted molar refractivity (Wildman–Crippen MR) is 40.9 cm³/mol. The highest BCUT2D eigenvalue weighted by Gasteiger charge is 2.27. The summed E-state index contributed by atoms with van der Waals surface area (Å²) in [4.78, 5) is 10.2. The van der Waals surface area contributed by atoms with Crippen LogP contribution in [0.5, 0.6) is 0 Å². The molecule has 0 radical (unpaired) electrons. The highest BCUT2D eigenvalue weighted by atomic mass is 35.5. The van der Waals surface area contributed by atoms with Gasteiger partial charge in [-0.05, 0) is 6.42 Å². The molecule has 0 unspecified atom stereocenters. The Hall–Kier alpha value is 0.01000. The number of carboxylic acid groups (broad SMARTS) is 1. The van der Waals surface area contributed by atoms with Crippen LogP contribution in [0.2, 0.25) is 0 Å². The lowest BCUT2D eigenvalue weighted by atomic mass is 10.2. The summed E-state index contributed by atoms with van der Waals surface area (Å²) in [7, 11) is 0. The molecule has 3 nitrogen and oxygen atoms in total. The van der Waals surface area contributed by atoms with Gasteiger partial charge in [-0.2, -0.15) is 0 Å². The zero-order chi connectivity index (χ0) is 6.85. The van der Waals surface area contributed by atoms with Crippen molar-refractivity contribution in [1.82, 2.24) is 5.32 Å². The second-order valence-electron chi connectivity index (χ2n) is 2.13. The zero-order valence-corrected chi connectivity index (χ0v) is 6.78. The Labute approximate surface area is 70.2 Å². The topological polar surface area (TPSA) is 49.3 Å². The molecule has 2 atom stereocenters. The van der Waals surface area contributed by atoms with Gasteiger partial charge in [0.05, 0.1) is 0 Å². The molecule has 10 heavy (non-hydrogen) atoms. The molecule has 0 amide bonds. The van der Waals surface area contributed by atoms with Gasteiger partial charge < -0.3 is 10.4 Å². The van der Waals surface area contributed by atoms with E-state index in [0.717, 1.165) is 0 Å². The predicted octanol–water partition coefficient (Wildman–Crippen LogP) is 0.462. The summed E-state index contributed by atoms with van der Waals surface area (Å²) in [6.07, 6.45) is 0.539. The van der Waals surface area contributed by atoms with Crippen LogP contribution in [0.3, 0.4) is 0 Å². The summed E-state index contributed by atoms with van der Waals surface area (Å²) in [6, 6.07) is -0.424. The lowest BCUT2D eigenvalue weighted by Crippen LogP contribution is -2.29. The summed E-state index contributed by atoms with van der Waals surface area (Å²) in [5, 5.41) is 11.2. The van der Waals surface area contributed by atoms with E-state index in [9.17, 15) is 4.79 Å². The largest absolute Gasteiger partial charge is 0.480 e. The highest BCUT2D eigenvalue weighted by Crippen LogP contribution is 2.11. The first kappa shape index (κ1) is 10.0. The number of carboxylic acids is 1. The van der Waals surface area contributed by atoms with Crippen LogP contribution < -0.4 is 5.32 Å². The Morgan fingerprint density at radius 3 is 2.50 bits per heavy atom. The van der Waals surface area contributed by atoms with Crippen molar-refractivity contribution in [3.05, 3.63) is 0 Å². The minimum absolute atomic E-state index is 0. The first-order valence-corrected chi connectivity index (χ1v) is 3.24. The zero-order valence-electron chi connectivity index (χ0n) is 5.21. The number of nitrogens with one attached hydrogen (secondary N) is 1. The van der Waals surface area contributed by atoms with Crippen LogP contribution in [0, 0.1) is 0 Å². The summed E-state index contributed by atoms with van der Waals surface area (Å²) >= 11 is 5.63. The number of hydrogen-bond donors (Lipinski definition) is 2. The molecule has 2 N–H and O–H groups in total. The third kappa shape index (κ3) is 2.33. The molecule has 1 aliphatic rings. The third-order valence-corrected chi connectivity index (χ3v) is 1.71. The fraction of sp³-hybridized carbons (Fsp3) is 0.800. The van der Waals surface area contributed by atoms with E-state index in [4.69, 9.17) is 16.7 Å². The average molecular weight is 186 g/mol. The van der Waals surface area contributed by atoms with Crippen molar-refractivity contribution in [1.29, 1.82) is 0 Å². The molecule has 0 spiro atoms. The van der Waals surface area contributed by atoms with Crippen molar-refractivity contribution in [2.75, 3.05) is 6.54 Å². The van der Waals surface area contributed by atoms with Gasteiger partial charge in [0.1, 0.15) is 6.04 Å². The van der Waals surface area contributed by atoms with Gasteiger partial charge in [-0.3, -0.25) is 4.79 Å². The van der Waals surface area contributed by atoms with E-state index in [1.165, 1.54) is 0 Å². The average Bonchev–Trinajstić information content (AvgIpc) is 2.14. The van der Waals surface area contributed by atoms with Crippen molar-refractivity contribution >= 4 is 30.0 Å². The van der Waals surface area contributed by atoms with Crippen LogP contribution in [0.1, 0.15) is 6.42 Å². The van der Waals surface area contributed by atoms with Gasteiger partial charge >= 0.3 is 5.97 Å². The van der Waals surface area contributed by atoms with Gasteiger partial charge in [-0.15, -0.1) is 24.0 Å². The van der Waals surface area contributed by atoms with Crippen molar-refractivity contribution in [2.45, 2.75) is 17.8 Å². The summed E-state index contributed by atoms with van der Waals surface area (Å²) in [5.74, 6) is -0.807. The third-order valence-electron chi connectivity index (χ3n) is 1.38. The molecule has 1 aliphatic heterocycles. The second kappa shape index (κ2) is 4.01. The Morgan fingerprint density at radius 1 is 1.70 bits per heavy atom. The van der Waals surface area contributed by atoms with Gasteiger partial charge in [-0.25, -0.2) is 0 Å². The van der Waals surface area contributed by atoms with Crippen LogP contribution in [0.4, 0.5) is 0 Å². The molecule has 1 heterocycles. The molecular weight excluding hydrogens is 177 g/mol. The van der Waals surface area contributed by atoms with Gasteiger partial charge in [0.15, 0.2) is 0 Å². The van der Waals surface area contributed by atoms with Crippen LogP contribution in [0.15, 0.2) is 0 Å². The monoisotopic (exact) mass is 185 g/mol. The number of alkyl halides is 1. The quantitative estimate of drug-likeness (QED) is 0.585. The van der Waals surface area contributed by atoms with E-state index in [1.54, 1.807) is 0 Å². The molecule has 0 aromatic rings. The van der Waals surface area contributed by atoms with Crippen LogP contribution in [-0.2, 0) is 4.79 Å². The minimum atomic E-state index is -0.807. The maximum absolute atomic E-state index is 10.2. The first-order valence-electron chi connectivity index (χ1n) is 2.80. The maximum Gasteiger partial charge on any atom is 0.320 e. The minimum Gasteiger partial charge on any atom is -0.480 e. The van der Waals surface area contributed by atoms with Crippen molar-refractivity contribution < 1.29 is 9.90 Å². The molecule has 5 heteroatoms. The van der Waals surface area contributed by atoms with Crippen molar-refractivity contribution in [3.8, 4) is 0 Å². The van der Waals surface area contributed by atoms with Crippen molar-refractivity contribution in [2.24, 2.45) is 0 Å². The van der Waals surface area contributed by atoms with Crippen LogP contribution in [0.25, 0.3) is 0 Å². The van der Waals surface area contributed by atoms with Gasteiger partial charge in [0.2, 0.25) is 0 Å². The Balaban J connectivity index is 0.000000810. The standard InChI is InChI=1S/C5H8ClNO2.ClH/c6-3-1-4(5(8)9)7-2-3;/h3-4,7H,1-2H2,(H,8,9);1H/t3-,4+;/m1./s1. The Kier molecular flexibility index (Phi) is 4.01. The Bertz CT molecular complexity index is 131. The van der Waals surface area contributed by atoms with E-state index in [0.29, 0.717) is 13.0 Å². The number of rotatable bonds is 1. The number of halogens is 2. The first-order chi connectivity index (χ1) is 4.20. The van der Waals surface area contributed by atoms with Crippen LogP contribution in [-0.4, -0.2) is 29.0 Å². The van der Waals surface area contributed by atoms with Crippen LogP contribution >= 0.6 is 24.0 Å². The molecule has 0 aromatic heterocycles. The van der Waals surface area contributed by atoms with Gasteiger partial charge in [0.25, 0.3) is 0 Å². The molecule has 0 aliphatic carbocycles. The Morgan fingerprint density at radius 2 is 2.30 bits per heavy atom. The molecule has 1 rings (SSSR count). The number of hydrogen-bond acceptors (Lipinski definition) is 2. The van der Waals surface area contributed by atoms with E-state index in [2.05, 4.69) is 5.32 Å².